The van der Waals surface area contributed by atoms with Crippen molar-refractivity contribution in [3.8, 4) is 0 Å². The predicted molar refractivity (Wildman–Crippen MR) is 72.8 cm³/mol. The second kappa shape index (κ2) is 4.45. The maximum Gasteiger partial charge on any atom is 0.141 e. The van der Waals surface area contributed by atoms with Gasteiger partial charge in [-0.15, -0.1) is 24.8 Å². The molecule has 4 atom stereocenters. The number of aliphatic hydroxyl groups is 1. The highest BCUT2D eigenvalue weighted by atomic mass is 35.5. The van der Waals surface area contributed by atoms with Crippen molar-refractivity contribution in [2.45, 2.75) is 36.4 Å². The first-order valence-electron chi connectivity index (χ1n) is 5.34. The van der Waals surface area contributed by atoms with E-state index in [1.54, 1.807) is 0 Å². The Hall–Kier alpha value is 0.575. The van der Waals surface area contributed by atoms with Crippen LogP contribution >= 0.6 is 18.5 Å². The van der Waals surface area contributed by atoms with E-state index < -0.39 is 17.9 Å². The second-order valence-electron chi connectivity index (χ2n) is 5.36. The molecule has 1 saturated heterocycles. The van der Waals surface area contributed by atoms with Gasteiger partial charge in [-0.25, -0.2) is 0 Å². The van der Waals surface area contributed by atoms with Gasteiger partial charge in [0.1, 0.15) is 14.0 Å². The fraction of sp³-hybridized carbons (Fsp3) is 0.900. The summed E-state index contributed by atoms with van der Waals surface area (Å²) in [7, 11) is 1.92. The number of rotatable bonds is 3. The highest BCUT2D eigenvalue weighted by Gasteiger charge is 2.49. The third-order valence-electron chi connectivity index (χ3n) is 3.12. The van der Waals surface area contributed by atoms with Crippen LogP contribution in [0.1, 0.15) is 13.3 Å². The summed E-state index contributed by atoms with van der Waals surface area (Å²) >= 11 is 6.23. The van der Waals surface area contributed by atoms with Gasteiger partial charge in [-0.05, 0) is 32.8 Å². The van der Waals surface area contributed by atoms with Crippen molar-refractivity contribution in [3.63, 3.8) is 0 Å². The summed E-state index contributed by atoms with van der Waals surface area (Å²) in [6.45, 7) is 5.19. The maximum atomic E-state index is 10.0. The number of halogens is 1. The molecule has 5 heteroatoms. The van der Waals surface area contributed by atoms with E-state index in [1.807, 2.05) is 14.8 Å². The largest absolute Gasteiger partial charge is 0.389 e. The lowest BCUT2D eigenvalue weighted by Crippen LogP contribution is -2.40. The quantitative estimate of drug-likeness (QED) is 0.456. The number of alkyl halides is 1. The van der Waals surface area contributed by atoms with Crippen molar-refractivity contribution in [1.29, 1.82) is 0 Å². The van der Waals surface area contributed by atoms with Gasteiger partial charge in [0.05, 0.1) is 11.0 Å². The molecule has 88 valence electrons. The van der Waals surface area contributed by atoms with E-state index in [4.69, 9.17) is 16.3 Å². The van der Waals surface area contributed by atoms with Crippen LogP contribution < -0.4 is 0 Å². The lowest BCUT2D eigenvalue weighted by atomic mass is 9.85. The first kappa shape index (κ1) is 13.6. The SMILES string of the molecule is B[C@@H]1O[C@H](CCP(=C)(C)C)[C@@H](O)[C@@]1(C)Cl. The molecule has 0 aromatic rings. The van der Waals surface area contributed by atoms with E-state index in [1.165, 1.54) is 0 Å². The summed E-state index contributed by atoms with van der Waals surface area (Å²) in [6, 6.07) is -0.0922. The van der Waals surface area contributed by atoms with Gasteiger partial charge in [0.2, 0.25) is 0 Å². The second-order valence-corrected chi connectivity index (χ2v) is 10.5. The molecule has 2 nitrogen and oxygen atoms in total. The van der Waals surface area contributed by atoms with Gasteiger partial charge in [-0.1, -0.05) is 0 Å². The molecule has 1 heterocycles. The van der Waals surface area contributed by atoms with Crippen LogP contribution in [0.25, 0.3) is 0 Å². The van der Waals surface area contributed by atoms with Gasteiger partial charge in [-0.3, -0.25) is 0 Å². The average molecular weight is 251 g/mol. The predicted octanol–water partition coefficient (Wildman–Crippen LogP) is 0.802. The molecular formula is C10H21BClO2P. The molecule has 0 aliphatic carbocycles. The molecule has 1 aliphatic rings. The number of ether oxygens (including phenoxy) is 1. The number of aliphatic hydroxyl groups excluding tert-OH is 1. The van der Waals surface area contributed by atoms with Crippen molar-refractivity contribution < 1.29 is 9.84 Å². The standard InChI is InChI=1S/C10H21BClO2P/c1-10(12)8(13)7(14-9(10)11)5-6-15(2,3)4/h7-9,13H,2,5-6,11H2,1,3-4H3/t7-,8-,9-,10-/m1/s1. The monoisotopic (exact) mass is 250 g/mol. The summed E-state index contributed by atoms with van der Waals surface area (Å²) in [4.78, 5) is -0.644. The number of hydrogen-bond donors (Lipinski definition) is 1. The topological polar surface area (TPSA) is 29.5 Å². The molecule has 15 heavy (non-hydrogen) atoms. The highest BCUT2D eigenvalue weighted by Crippen LogP contribution is 2.41. The zero-order valence-electron chi connectivity index (χ0n) is 10.0. The Morgan fingerprint density at radius 2 is 2.13 bits per heavy atom. The Labute approximate surface area is 98.7 Å². The van der Waals surface area contributed by atoms with Gasteiger partial charge in [0.15, 0.2) is 0 Å². The normalized spacial score (nSPS) is 42.1. The summed E-state index contributed by atoms with van der Waals surface area (Å²) < 4.78 is 5.69. The summed E-state index contributed by atoms with van der Waals surface area (Å²) in [5, 5.41) is 10.0. The molecule has 0 unspecified atom stereocenters. The van der Waals surface area contributed by atoms with Crippen LogP contribution in [0.4, 0.5) is 0 Å². The molecule has 1 aliphatic heterocycles. The first-order chi connectivity index (χ1) is 6.64. The van der Waals surface area contributed by atoms with Gasteiger partial charge in [0.25, 0.3) is 0 Å². The lowest BCUT2D eigenvalue weighted by Gasteiger charge is -2.23. The fourth-order valence-corrected chi connectivity index (χ4v) is 2.92. The van der Waals surface area contributed by atoms with Crippen LogP contribution in [0.15, 0.2) is 0 Å². The molecule has 1 N–H and O–H groups in total. The Morgan fingerprint density at radius 3 is 2.47 bits per heavy atom. The van der Waals surface area contributed by atoms with Gasteiger partial charge in [0, 0.05) is 6.00 Å². The van der Waals surface area contributed by atoms with Crippen LogP contribution in [0.3, 0.4) is 0 Å². The van der Waals surface area contributed by atoms with E-state index >= 15 is 0 Å². The van der Waals surface area contributed by atoms with E-state index in [2.05, 4.69) is 19.6 Å². The Kier molecular flexibility index (Phi) is 4.04. The summed E-state index contributed by atoms with van der Waals surface area (Å²) in [6.07, 6.45) is 5.36. The van der Waals surface area contributed by atoms with Crippen LogP contribution in [-0.2, 0) is 4.74 Å². The zero-order valence-corrected chi connectivity index (χ0v) is 11.7. The van der Waals surface area contributed by atoms with Gasteiger partial charge < -0.3 is 9.84 Å². The van der Waals surface area contributed by atoms with E-state index in [-0.39, 0.29) is 12.1 Å². The lowest BCUT2D eigenvalue weighted by molar-refractivity contribution is 0.0305. The minimum absolute atomic E-state index is 0.0922. The highest BCUT2D eigenvalue weighted by molar-refractivity contribution is 7.72. The van der Waals surface area contributed by atoms with Crippen LogP contribution in [-0.4, -0.2) is 61.8 Å². The third kappa shape index (κ3) is 3.26. The zero-order chi connectivity index (χ0) is 11.9. The van der Waals surface area contributed by atoms with Crippen LogP contribution in [0.5, 0.6) is 0 Å². The van der Waals surface area contributed by atoms with E-state index in [0.717, 1.165) is 12.6 Å². The molecule has 1 fully saturated rings. The van der Waals surface area contributed by atoms with Crippen molar-refractivity contribution >= 4 is 32.6 Å². The minimum atomic E-state index is -1.04. The van der Waals surface area contributed by atoms with Crippen molar-refractivity contribution in [2.75, 3.05) is 19.5 Å². The third-order valence-corrected chi connectivity index (χ3v) is 5.12. The molecule has 0 amide bonds. The molecule has 0 saturated carbocycles. The molecule has 0 aromatic heterocycles. The Bertz CT molecular complexity index is 277. The van der Waals surface area contributed by atoms with Crippen molar-refractivity contribution in [1.82, 2.24) is 0 Å². The van der Waals surface area contributed by atoms with Crippen LogP contribution in [0.2, 0.25) is 0 Å². The van der Waals surface area contributed by atoms with Gasteiger partial charge >= 0.3 is 0 Å². The molecule has 0 aromatic carbocycles. The molecule has 0 bridgehead atoms. The smallest absolute Gasteiger partial charge is 0.141 e. The summed E-state index contributed by atoms with van der Waals surface area (Å²) in [5.41, 5.74) is 0. The number of hydrogen-bond acceptors (Lipinski definition) is 2. The molecule has 1 rings (SSSR count). The molecular weight excluding hydrogens is 229 g/mol. The fourth-order valence-electron chi connectivity index (χ4n) is 1.78. The van der Waals surface area contributed by atoms with Crippen molar-refractivity contribution in [3.05, 3.63) is 0 Å². The molecule has 0 spiro atoms. The first-order valence-corrected chi connectivity index (χ1v) is 8.77. The Balaban J connectivity index is 2.57. The van der Waals surface area contributed by atoms with E-state index in [0.29, 0.717) is 0 Å². The van der Waals surface area contributed by atoms with Crippen molar-refractivity contribution in [2.24, 2.45) is 0 Å². The maximum absolute atomic E-state index is 10.0. The molecule has 0 radical (unpaired) electrons. The minimum Gasteiger partial charge on any atom is -0.389 e. The van der Waals surface area contributed by atoms with E-state index in [9.17, 15) is 5.11 Å². The Morgan fingerprint density at radius 1 is 1.60 bits per heavy atom. The van der Waals surface area contributed by atoms with Crippen LogP contribution in [0, 0.1) is 0 Å². The summed E-state index contributed by atoms with van der Waals surface area (Å²) in [5.74, 6) is 0. The van der Waals surface area contributed by atoms with Gasteiger partial charge in [-0.2, -0.15) is 0 Å². The average Bonchev–Trinajstić information content (AvgIpc) is 2.25.